The van der Waals surface area contributed by atoms with Gasteiger partial charge in [0, 0.05) is 18.3 Å². The Morgan fingerprint density at radius 1 is 1.47 bits per heavy atom. The fraction of sp³-hybridized carbons (Fsp3) is 0.533. The molecule has 2 N–H and O–H groups in total. The first-order valence-electron chi connectivity index (χ1n) is 6.80. The van der Waals surface area contributed by atoms with Crippen LogP contribution >= 0.6 is 0 Å². The molecular formula is C15H22N2O2. The van der Waals surface area contributed by atoms with Crippen LogP contribution in [-0.4, -0.2) is 34.5 Å². The molecule has 1 aliphatic rings. The van der Waals surface area contributed by atoms with Gasteiger partial charge in [-0.2, -0.15) is 0 Å². The molecule has 1 fully saturated rings. The lowest BCUT2D eigenvalue weighted by molar-refractivity contribution is -0.129. The molecule has 4 nitrogen and oxygen atoms in total. The highest BCUT2D eigenvalue weighted by Gasteiger charge is 2.32. The predicted molar refractivity (Wildman–Crippen MR) is 76.0 cm³/mol. The van der Waals surface area contributed by atoms with Gasteiger partial charge in [0.05, 0.1) is 6.61 Å². The molecule has 0 spiro atoms. The van der Waals surface area contributed by atoms with Gasteiger partial charge in [0.1, 0.15) is 6.04 Å². The SMILES string of the molecule is Cc1ccc(CO)cc1NC1CCN(C(C)C)C1=O. The van der Waals surface area contributed by atoms with E-state index in [0.717, 1.165) is 29.8 Å². The van der Waals surface area contributed by atoms with E-state index in [1.165, 1.54) is 0 Å². The summed E-state index contributed by atoms with van der Waals surface area (Å²) in [5, 5.41) is 12.5. The van der Waals surface area contributed by atoms with Gasteiger partial charge in [-0.3, -0.25) is 4.79 Å². The summed E-state index contributed by atoms with van der Waals surface area (Å²) in [6.45, 7) is 6.91. The highest BCUT2D eigenvalue weighted by atomic mass is 16.3. The van der Waals surface area contributed by atoms with Gasteiger partial charge in [-0.1, -0.05) is 12.1 Å². The number of rotatable bonds is 4. The molecule has 1 aromatic carbocycles. The maximum Gasteiger partial charge on any atom is 0.245 e. The summed E-state index contributed by atoms with van der Waals surface area (Å²) in [4.78, 5) is 14.1. The minimum Gasteiger partial charge on any atom is -0.392 e. The first kappa shape index (κ1) is 13.9. The highest BCUT2D eigenvalue weighted by molar-refractivity contribution is 5.87. The first-order chi connectivity index (χ1) is 9.02. The maximum absolute atomic E-state index is 12.2. The molecule has 1 saturated heterocycles. The molecule has 104 valence electrons. The molecular weight excluding hydrogens is 240 g/mol. The summed E-state index contributed by atoms with van der Waals surface area (Å²) in [7, 11) is 0. The molecule has 0 aliphatic carbocycles. The second-order valence-corrected chi connectivity index (χ2v) is 5.42. The zero-order valence-corrected chi connectivity index (χ0v) is 11.8. The average molecular weight is 262 g/mol. The van der Waals surface area contributed by atoms with Crippen LogP contribution in [0.1, 0.15) is 31.4 Å². The fourth-order valence-electron chi connectivity index (χ4n) is 2.46. The Balaban J connectivity index is 2.12. The van der Waals surface area contributed by atoms with Crippen LogP contribution < -0.4 is 5.32 Å². The Hall–Kier alpha value is -1.55. The van der Waals surface area contributed by atoms with Crippen molar-refractivity contribution in [1.29, 1.82) is 0 Å². The number of hydrogen-bond acceptors (Lipinski definition) is 3. The van der Waals surface area contributed by atoms with Crippen molar-refractivity contribution < 1.29 is 9.90 Å². The number of aryl methyl sites for hydroxylation is 1. The van der Waals surface area contributed by atoms with Gasteiger partial charge in [-0.15, -0.1) is 0 Å². The van der Waals surface area contributed by atoms with Crippen molar-refractivity contribution in [3.8, 4) is 0 Å². The molecule has 0 saturated carbocycles. The number of anilines is 1. The van der Waals surface area contributed by atoms with Crippen LogP contribution in [0.15, 0.2) is 18.2 Å². The van der Waals surface area contributed by atoms with Gasteiger partial charge in [0.25, 0.3) is 0 Å². The van der Waals surface area contributed by atoms with Crippen molar-refractivity contribution in [2.45, 2.75) is 45.9 Å². The lowest BCUT2D eigenvalue weighted by Gasteiger charge is -2.22. The molecule has 0 aromatic heterocycles. The Kier molecular flexibility index (Phi) is 4.10. The van der Waals surface area contributed by atoms with Crippen LogP contribution in [0.25, 0.3) is 0 Å². The molecule has 1 aliphatic heterocycles. The molecule has 0 radical (unpaired) electrons. The second kappa shape index (κ2) is 5.61. The summed E-state index contributed by atoms with van der Waals surface area (Å²) in [5.74, 6) is 0.170. The molecule has 2 rings (SSSR count). The number of hydrogen-bond donors (Lipinski definition) is 2. The summed E-state index contributed by atoms with van der Waals surface area (Å²) < 4.78 is 0. The Morgan fingerprint density at radius 2 is 2.21 bits per heavy atom. The quantitative estimate of drug-likeness (QED) is 0.871. The Bertz CT molecular complexity index is 471. The number of benzene rings is 1. The zero-order chi connectivity index (χ0) is 14.0. The van der Waals surface area contributed by atoms with Gasteiger partial charge in [0.15, 0.2) is 0 Å². The van der Waals surface area contributed by atoms with E-state index < -0.39 is 0 Å². The van der Waals surface area contributed by atoms with E-state index in [4.69, 9.17) is 0 Å². The van der Waals surface area contributed by atoms with Crippen molar-refractivity contribution in [2.75, 3.05) is 11.9 Å². The standard InChI is InChI=1S/C15H22N2O2/c1-10(2)17-7-6-13(15(17)19)16-14-8-12(9-18)5-4-11(14)3/h4-5,8,10,13,16,18H,6-7,9H2,1-3H3. The van der Waals surface area contributed by atoms with Crippen molar-refractivity contribution in [2.24, 2.45) is 0 Å². The van der Waals surface area contributed by atoms with Crippen molar-refractivity contribution in [3.63, 3.8) is 0 Å². The number of amides is 1. The minimum atomic E-state index is -0.143. The van der Waals surface area contributed by atoms with Crippen LogP contribution in [-0.2, 0) is 11.4 Å². The van der Waals surface area contributed by atoms with Crippen LogP contribution in [0.5, 0.6) is 0 Å². The van der Waals surface area contributed by atoms with E-state index >= 15 is 0 Å². The smallest absolute Gasteiger partial charge is 0.245 e. The Labute approximate surface area is 114 Å². The molecule has 1 atom stereocenters. The number of nitrogens with zero attached hydrogens (tertiary/aromatic N) is 1. The van der Waals surface area contributed by atoms with Crippen LogP contribution in [0.4, 0.5) is 5.69 Å². The highest BCUT2D eigenvalue weighted by Crippen LogP contribution is 2.22. The third-order valence-electron chi connectivity index (χ3n) is 3.68. The summed E-state index contributed by atoms with van der Waals surface area (Å²) in [6, 6.07) is 5.89. The molecule has 1 unspecified atom stereocenters. The largest absolute Gasteiger partial charge is 0.392 e. The number of nitrogens with one attached hydrogen (secondary N) is 1. The summed E-state index contributed by atoms with van der Waals surface area (Å²) >= 11 is 0. The van der Waals surface area contributed by atoms with E-state index in [1.807, 2.05) is 43.9 Å². The number of likely N-dealkylation sites (tertiary alicyclic amines) is 1. The topological polar surface area (TPSA) is 52.6 Å². The van der Waals surface area contributed by atoms with Gasteiger partial charge in [-0.05, 0) is 44.4 Å². The third kappa shape index (κ3) is 2.89. The zero-order valence-electron chi connectivity index (χ0n) is 11.8. The van der Waals surface area contributed by atoms with Crippen LogP contribution in [0, 0.1) is 6.92 Å². The molecule has 4 heteroatoms. The molecule has 1 heterocycles. The fourth-order valence-corrected chi connectivity index (χ4v) is 2.46. The molecule has 1 aromatic rings. The molecule has 1 amide bonds. The summed E-state index contributed by atoms with van der Waals surface area (Å²) in [6.07, 6.45) is 0.833. The van der Waals surface area contributed by atoms with Crippen molar-refractivity contribution in [1.82, 2.24) is 4.90 Å². The van der Waals surface area contributed by atoms with Gasteiger partial charge >= 0.3 is 0 Å². The first-order valence-corrected chi connectivity index (χ1v) is 6.80. The minimum absolute atomic E-state index is 0.0195. The summed E-state index contributed by atoms with van der Waals surface area (Å²) in [5.41, 5.74) is 2.89. The molecule has 19 heavy (non-hydrogen) atoms. The van der Waals surface area contributed by atoms with E-state index in [9.17, 15) is 9.90 Å². The number of aliphatic hydroxyl groups is 1. The normalized spacial score (nSPS) is 19.3. The van der Waals surface area contributed by atoms with E-state index in [1.54, 1.807) is 0 Å². The maximum atomic E-state index is 12.2. The lowest BCUT2D eigenvalue weighted by Crippen LogP contribution is -2.37. The van der Waals surface area contributed by atoms with Gasteiger partial charge in [-0.25, -0.2) is 0 Å². The Morgan fingerprint density at radius 3 is 2.79 bits per heavy atom. The van der Waals surface area contributed by atoms with Gasteiger partial charge in [0.2, 0.25) is 5.91 Å². The third-order valence-corrected chi connectivity index (χ3v) is 3.68. The second-order valence-electron chi connectivity index (χ2n) is 5.42. The van der Waals surface area contributed by atoms with Crippen LogP contribution in [0.3, 0.4) is 0 Å². The van der Waals surface area contributed by atoms with E-state index in [-0.39, 0.29) is 24.6 Å². The number of carbonyl (C=O) groups excluding carboxylic acids is 1. The van der Waals surface area contributed by atoms with E-state index in [2.05, 4.69) is 5.32 Å². The van der Waals surface area contributed by atoms with Crippen LogP contribution in [0.2, 0.25) is 0 Å². The van der Waals surface area contributed by atoms with Crippen molar-refractivity contribution in [3.05, 3.63) is 29.3 Å². The predicted octanol–water partition coefficient (Wildman–Crippen LogP) is 1.91. The monoisotopic (exact) mass is 262 g/mol. The molecule has 0 bridgehead atoms. The number of carbonyl (C=O) groups is 1. The lowest BCUT2D eigenvalue weighted by atomic mass is 10.1. The number of aliphatic hydroxyl groups excluding tert-OH is 1. The van der Waals surface area contributed by atoms with Crippen molar-refractivity contribution >= 4 is 11.6 Å². The van der Waals surface area contributed by atoms with Gasteiger partial charge < -0.3 is 15.3 Å². The average Bonchev–Trinajstić information content (AvgIpc) is 2.74. The van der Waals surface area contributed by atoms with E-state index in [0.29, 0.717) is 0 Å².